The number of aliphatic hydroxyl groups excluding tert-OH is 3. The highest BCUT2D eigenvalue weighted by Crippen LogP contribution is 2.52. The van der Waals surface area contributed by atoms with Gasteiger partial charge < -0.3 is 24.9 Å². The maximum Gasteiger partial charge on any atom is 0.472 e. The SMILES string of the molecule is C=C/C(C)=C/C=C/C(C)=C/C=C/C=C(C)/C=C/C=C(C)/C=C/C1=C(C)C(=C)C(OP(=O)(O)OC[C@H](O)[C@H]2OC(=O)C(O)=C2O)CC1(C)C. The molecule has 1 aliphatic heterocycles. The molecule has 48 heavy (non-hydrogen) atoms. The number of aliphatic hydroxyl groups is 3. The Morgan fingerprint density at radius 1 is 0.979 bits per heavy atom. The molecule has 0 radical (unpaired) electrons. The van der Waals surface area contributed by atoms with E-state index in [-0.39, 0.29) is 0 Å². The first-order valence-corrected chi connectivity index (χ1v) is 17.0. The number of carbonyl (C=O) groups excluding carboxylic acids is 1. The molecule has 2 aliphatic rings. The number of hydrogen-bond donors (Lipinski definition) is 4. The van der Waals surface area contributed by atoms with Crippen molar-refractivity contribution in [1.82, 2.24) is 0 Å². The van der Waals surface area contributed by atoms with Gasteiger partial charge in [-0.05, 0) is 63.2 Å². The summed E-state index contributed by atoms with van der Waals surface area (Å²) in [4.78, 5) is 21.7. The van der Waals surface area contributed by atoms with Gasteiger partial charge in [0.15, 0.2) is 11.9 Å². The fraction of sp³-hybridized carbons (Fsp3) is 0.342. The van der Waals surface area contributed by atoms with Crippen molar-refractivity contribution in [2.24, 2.45) is 5.41 Å². The molecule has 0 spiro atoms. The highest BCUT2D eigenvalue weighted by molar-refractivity contribution is 7.47. The second-order valence-corrected chi connectivity index (χ2v) is 13.8. The maximum absolute atomic E-state index is 12.7. The highest BCUT2D eigenvalue weighted by atomic mass is 31.2. The zero-order valence-corrected chi connectivity index (χ0v) is 29.7. The highest BCUT2D eigenvalue weighted by Gasteiger charge is 2.42. The first-order valence-electron chi connectivity index (χ1n) is 15.5. The van der Waals surface area contributed by atoms with Crippen LogP contribution in [0.1, 0.15) is 54.9 Å². The minimum absolute atomic E-state index is 0.328. The van der Waals surface area contributed by atoms with Crippen molar-refractivity contribution in [3.63, 3.8) is 0 Å². The summed E-state index contributed by atoms with van der Waals surface area (Å²) in [5, 5.41) is 29.3. The van der Waals surface area contributed by atoms with Crippen molar-refractivity contribution in [2.45, 2.75) is 73.2 Å². The summed E-state index contributed by atoms with van der Waals surface area (Å²) in [6, 6.07) is 0. The molecule has 9 nitrogen and oxygen atoms in total. The summed E-state index contributed by atoms with van der Waals surface area (Å²) in [7, 11) is -4.72. The molecule has 0 bridgehead atoms. The molecule has 4 N–H and O–H groups in total. The van der Waals surface area contributed by atoms with Gasteiger partial charge in [0.2, 0.25) is 5.76 Å². The Kier molecular flexibility index (Phi) is 15.0. The van der Waals surface area contributed by atoms with Gasteiger partial charge in [-0.2, -0.15) is 0 Å². The molecule has 0 aromatic heterocycles. The quantitative estimate of drug-likeness (QED) is 0.0760. The Morgan fingerprint density at radius 2 is 1.50 bits per heavy atom. The Bertz CT molecular complexity index is 1610. The van der Waals surface area contributed by atoms with Gasteiger partial charge in [0, 0.05) is 0 Å². The number of cyclic esters (lactones) is 1. The smallest absolute Gasteiger partial charge is 0.472 e. The van der Waals surface area contributed by atoms with Crippen molar-refractivity contribution in [2.75, 3.05) is 6.61 Å². The third-order valence-corrected chi connectivity index (χ3v) is 8.75. The third-order valence-electron chi connectivity index (χ3n) is 7.76. The standard InChI is InChI=1S/C38H49O9P/c1-10-25(2)17-13-18-26(3)15-11-12-16-27(4)19-14-20-28(5)21-22-31-29(6)30(7)33(23-38(31,8)9)47-48(43,44)45-24-32(39)36-34(40)35(41)37(42)46-36/h10-22,32-33,36,39-41H,1,7,23-24H2,2-6,8-9H3,(H,43,44)/b12-11+,18-13+,19-14+,22-21+,25-17+,26-15+,27-16+,28-20+/t32-,33?,36+/m0/s1. The molecular weight excluding hydrogens is 631 g/mol. The normalized spacial score (nSPS) is 23.7. The monoisotopic (exact) mass is 680 g/mol. The van der Waals surface area contributed by atoms with Gasteiger partial charge in [-0.15, -0.1) is 0 Å². The van der Waals surface area contributed by atoms with Crippen LogP contribution in [0.2, 0.25) is 0 Å². The fourth-order valence-electron chi connectivity index (χ4n) is 4.81. The van der Waals surface area contributed by atoms with Gasteiger partial charge >= 0.3 is 13.8 Å². The largest absolute Gasteiger partial charge is 0.505 e. The Morgan fingerprint density at radius 3 is 2.02 bits per heavy atom. The maximum atomic E-state index is 12.7. The predicted octanol–water partition coefficient (Wildman–Crippen LogP) is 8.60. The summed E-state index contributed by atoms with van der Waals surface area (Å²) in [5.41, 5.74) is 6.24. The van der Waals surface area contributed by atoms with Gasteiger partial charge in [-0.3, -0.25) is 9.05 Å². The molecular formula is C38H49O9P. The molecule has 4 atom stereocenters. The molecule has 2 rings (SSSR count). The number of phosphoric acid groups is 1. The van der Waals surface area contributed by atoms with Crippen molar-refractivity contribution in [3.8, 4) is 0 Å². The van der Waals surface area contributed by atoms with E-state index in [0.717, 1.165) is 33.4 Å². The van der Waals surface area contributed by atoms with E-state index < -0.39 is 55.6 Å². The Balaban J connectivity index is 2.02. The van der Waals surface area contributed by atoms with E-state index in [1.165, 1.54) is 0 Å². The second kappa shape index (κ2) is 18.0. The van der Waals surface area contributed by atoms with Crippen LogP contribution >= 0.6 is 7.82 Å². The van der Waals surface area contributed by atoms with Crippen molar-refractivity contribution in [1.29, 1.82) is 0 Å². The summed E-state index contributed by atoms with van der Waals surface area (Å²) in [5.74, 6) is -3.15. The number of phosphoric ester groups is 1. The van der Waals surface area contributed by atoms with E-state index in [9.17, 15) is 29.6 Å². The van der Waals surface area contributed by atoms with E-state index in [4.69, 9.17) is 9.05 Å². The van der Waals surface area contributed by atoms with E-state index in [1.54, 1.807) is 0 Å². The van der Waals surface area contributed by atoms with Crippen LogP contribution in [0.5, 0.6) is 0 Å². The lowest BCUT2D eigenvalue weighted by atomic mass is 9.70. The minimum atomic E-state index is -4.72. The summed E-state index contributed by atoms with van der Waals surface area (Å²) in [6.45, 7) is 21.0. The van der Waals surface area contributed by atoms with Crippen LogP contribution in [0.3, 0.4) is 0 Å². The third kappa shape index (κ3) is 12.2. The van der Waals surface area contributed by atoms with Gasteiger partial charge in [0.1, 0.15) is 6.10 Å². The van der Waals surface area contributed by atoms with Crippen LogP contribution in [0.15, 0.2) is 143 Å². The molecule has 0 saturated heterocycles. The second-order valence-electron chi connectivity index (χ2n) is 12.4. The van der Waals surface area contributed by atoms with Crippen LogP contribution in [-0.4, -0.2) is 51.1 Å². The van der Waals surface area contributed by atoms with Crippen LogP contribution in [0.4, 0.5) is 0 Å². The molecule has 0 amide bonds. The molecule has 1 heterocycles. The molecule has 0 fully saturated rings. The van der Waals surface area contributed by atoms with E-state index in [2.05, 4.69) is 17.9 Å². The number of carbonyl (C=O) groups is 1. The molecule has 0 saturated carbocycles. The number of esters is 1. The van der Waals surface area contributed by atoms with Gasteiger partial charge in [-0.1, -0.05) is 128 Å². The Hall–Kier alpha value is -3.98. The first-order chi connectivity index (χ1) is 22.4. The molecule has 260 valence electrons. The Labute approximate surface area is 284 Å². The summed E-state index contributed by atoms with van der Waals surface area (Å²) < 4.78 is 27.8. The zero-order chi connectivity index (χ0) is 36.2. The van der Waals surface area contributed by atoms with Gasteiger partial charge in [0.25, 0.3) is 0 Å². The van der Waals surface area contributed by atoms with Crippen LogP contribution in [0, 0.1) is 5.41 Å². The van der Waals surface area contributed by atoms with Gasteiger partial charge in [-0.25, -0.2) is 9.36 Å². The van der Waals surface area contributed by atoms with Gasteiger partial charge in [0.05, 0.1) is 12.7 Å². The lowest BCUT2D eigenvalue weighted by molar-refractivity contribution is -0.147. The first kappa shape index (κ1) is 40.2. The molecule has 0 aromatic rings. The lowest BCUT2D eigenvalue weighted by Crippen LogP contribution is -2.33. The average molecular weight is 681 g/mol. The predicted molar refractivity (Wildman–Crippen MR) is 191 cm³/mol. The molecule has 1 aliphatic carbocycles. The fourth-order valence-corrected chi connectivity index (χ4v) is 5.74. The van der Waals surface area contributed by atoms with E-state index in [1.807, 2.05) is 127 Å². The van der Waals surface area contributed by atoms with Crippen LogP contribution in [-0.2, 0) is 23.1 Å². The molecule has 2 unspecified atom stereocenters. The molecule has 0 aromatic carbocycles. The van der Waals surface area contributed by atoms with E-state index in [0.29, 0.717) is 12.0 Å². The number of ether oxygens (including phenoxy) is 1. The van der Waals surface area contributed by atoms with Crippen molar-refractivity contribution >= 4 is 13.8 Å². The number of rotatable bonds is 15. The molecule has 10 heteroatoms. The summed E-state index contributed by atoms with van der Waals surface area (Å²) in [6.07, 6.45) is 22.1. The minimum Gasteiger partial charge on any atom is -0.505 e. The van der Waals surface area contributed by atoms with E-state index >= 15 is 0 Å². The number of allylic oxidation sites excluding steroid dienone is 18. The summed E-state index contributed by atoms with van der Waals surface area (Å²) >= 11 is 0. The van der Waals surface area contributed by atoms with Crippen LogP contribution < -0.4 is 0 Å². The lowest BCUT2D eigenvalue weighted by Gasteiger charge is -2.39. The average Bonchev–Trinajstić information content (AvgIpc) is 3.27. The van der Waals surface area contributed by atoms with Crippen molar-refractivity contribution in [3.05, 3.63) is 143 Å². The topological polar surface area (TPSA) is 143 Å². The number of hydrogen-bond acceptors (Lipinski definition) is 8. The van der Waals surface area contributed by atoms with Crippen molar-refractivity contribution < 1.29 is 43.4 Å². The van der Waals surface area contributed by atoms with Crippen LogP contribution in [0.25, 0.3) is 0 Å². The zero-order valence-electron chi connectivity index (χ0n) is 28.8.